The van der Waals surface area contributed by atoms with Gasteiger partial charge in [0, 0.05) is 10.6 Å². The second-order valence-corrected chi connectivity index (χ2v) is 8.50. The number of aliphatic imine (C=N–C) groups is 1. The number of amides is 2. The molecule has 0 aliphatic heterocycles. The zero-order valence-electron chi connectivity index (χ0n) is 14.8. The lowest BCUT2D eigenvalue weighted by Gasteiger charge is -2.16. The number of thioether (sulfide) groups is 1. The number of carbonyl (C=O) groups excluding carboxylic acids is 1. The lowest BCUT2D eigenvalue weighted by Crippen LogP contribution is -2.19. The number of rotatable bonds is 6. The normalized spacial score (nSPS) is 12.2. The van der Waals surface area contributed by atoms with E-state index in [0.717, 1.165) is 0 Å². The Kier molecular flexibility index (Phi) is 8.85. The predicted molar refractivity (Wildman–Crippen MR) is 116 cm³/mol. The number of nitrogens with one attached hydrogen (secondary N) is 1. The van der Waals surface area contributed by atoms with E-state index in [-0.39, 0.29) is 39.2 Å². The van der Waals surface area contributed by atoms with Crippen LogP contribution in [0.15, 0.2) is 52.4 Å². The molecule has 0 aliphatic carbocycles. The van der Waals surface area contributed by atoms with E-state index in [4.69, 9.17) is 51.1 Å². The molecule has 0 spiro atoms. The van der Waals surface area contributed by atoms with Crippen LogP contribution in [0, 0.1) is 0 Å². The number of anilines is 1. The topological polar surface area (TPSA) is 50.7 Å². The Bertz CT molecular complexity index is 876. The van der Waals surface area contributed by atoms with E-state index in [9.17, 15) is 13.6 Å². The van der Waals surface area contributed by atoms with E-state index < -0.39 is 16.1 Å². The summed E-state index contributed by atoms with van der Waals surface area (Å²) in [6.07, 6.45) is 0. The molecule has 0 fully saturated rings. The molecule has 0 unspecified atom stereocenters. The van der Waals surface area contributed by atoms with Gasteiger partial charge in [-0.1, -0.05) is 52.5 Å². The summed E-state index contributed by atoms with van der Waals surface area (Å²) in [7, 11) is 0. The maximum Gasteiger partial charge on any atom is 0.348 e. The molecular weight excluding hydrogens is 488 g/mol. The molecule has 2 aromatic rings. The highest BCUT2D eigenvalue weighted by Crippen LogP contribution is 2.42. The summed E-state index contributed by atoms with van der Waals surface area (Å²) in [6.45, 7) is 1.95. The summed E-state index contributed by atoms with van der Waals surface area (Å²) in [5, 5.41) is -0.288. The monoisotopic (exact) mass is 500 g/mol. The minimum absolute atomic E-state index is 0.0392. The molecule has 0 saturated heterocycles. The van der Waals surface area contributed by atoms with Gasteiger partial charge >= 0.3 is 11.3 Å². The predicted octanol–water partition coefficient (Wildman–Crippen LogP) is 7.50. The van der Waals surface area contributed by atoms with Crippen molar-refractivity contribution in [3.05, 3.63) is 58.1 Å². The molecule has 2 amide bonds. The van der Waals surface area contributed by atoms with Gasteiger partial charge in [0.2, 0.25) is 5.90 Å². The van der Waals surface area contributed by atoms with E-state index in [1.807, 2.05) is 0 Å². The van der Waals surface area contributed by atoms with Gasteiger partial charge in [-0.15, -0.1) is 0 Å². The quantitative estimate of drug-likeness (QED) is 0.193. The molecule has 0 radical (unpaired) electrons. The standard InChI is InChI=1S/C18H14Cl4F2N2O2S/c1-2-28-15(14-12(19)4-3-5-13(14)20)26-17(27)25-10-6-8-11(9-7-10)29-18(23,24)16(21)22/h3-9,16H,2H2,1H3,(H,25,27)/b26-15-. The van der Waals surface area contributed by atoms with Gasteiger partial charge in [-0.3, -0.25) is 0 Å². The number of ether oxygens (including phenoxy) is 1. The highest BCUT2D eigenvalue weighted by atomic mass is 35.5. The molecule has 0 aromatic heterocycles. The zero-order valence-corrected chi connectivity index (χ0v) is 18.6. The lowest BCUT2D eigenvalue weighted by molar-refractivity contribution is 0.122. The Labute approximate surface area is 190 Å². The average Bonchev–Trinajstić information content (AvgIpc) is 2.63. The van der Waals surface area contributed by atoms with Crippen molar-refractivity contribution >= 4 is 75.8 Å². The molecular formula is C18H14Cl4F2N2O2S. The smallest absolute Gasteiger partial charge is 0.348 e. The number of alkyl halides is 4. The first kappa shape index (κ1) is 24.0. The number of halogens is 6. The number of nitrogens with zero attached hydrogens (tertiary/aromatic N) is 1. The Balaban J connectivity index is 2.16. The third-order valence-electron chi connectivity index (χ3n) is 3.27. The molecule has 0 bridgehead atoms. The molecule has 11 heteroatoms. The third kappa shape index (κ3) is 6.89. The second kappa shape index (κ2) is 10.7. The molecule has 4 nitrogen and oxygen atoms in total. The van der Waals surface area contributed by atoms with E-state index in [1.165, 1.54) is 24.3 Å². The molecule has 1 N–H and O–H groups in total. The van der Waals surface area contributed by atoms with Crippen LogP contribution in [0.25, 0.3) is 0 Å². The Morgan fingerprint density at radius 3 is 2.28 bits per heavy atom. The zero-order chi connectivity index (χ0) is 21.6. The van der Waals surface area contributed by atoms with E-state index in [2.05, 4.69) is 10.3 Å². The van der Waals surface area contributed by atoms with Crippen LogP contribution in [-0.2, 0) is 4.74 Å². The van der Waals surface area contributed by atoms with Crippen molar-refractivity contribution in [1.29, 1.82) is 0 Å². The van der Waals surface area contributed by atoms with Crippen LogP contribution in [0.2, 0.25) is 10.0 Å². The van der Waals surface area contributed by atoms with Crippen molar-refractivity contribution in [3.63, 3.8) is 0 Å². The van der Waals surface area contributed by atoms with Gasteiger partial charge in [0.1, 0.15) is 0 Å². The molecule has 0 atom stereocenters. The summed E-state index contributed by atoms with van der Waals surface area (Å²) in [4.78, 5) is 14.5. The number of hydrogen-bond donors (Lipinski definition) is 1. The number of carbonyl (C=O) groups is 1. The summed E-state index contributed by atoms with van der Waals surface area (Å²) >= 11 is 23.0. The Morgan fingerprint density at radius 2 is 1.76 bits per heavy atom. The molecule has 156 valence electrons. The average molecular weight is 502 g/mol. The first-order chi connectivity index (χ1) is 13.6. The van der Waals surface area contributed by atoms with Crippen molar-refractivity contribution in [2.45, 2.75) is 21.9 Å². The summed E-state index contributed by atoms with van der Waals surface area (Å²) in [5.74, 6) is -0.0392. The number of benzene rings is 2. The fraction of sp³-hybridized carbons (Fsp3) is 0.222. The van der Waals surface area contributed by atoms with Gasteiger partial charge in [0.05, 0.1) is 22.2 Å². The molecule has 0 aliphatic rings. The molecule has 2 rings (SSSR count). The maximum atomic E-state index is 13.6. The highest BCUT2D eigenvalue weighted by molar-refractivity contribution is 8.00. The van der Waals surface area contributed by atoms with Crippen LogP contribution in [-0.4, -0.2) is 28.6 Å². The summed E-state index contributed by atoms with van der Waals surface area (Å²) in [6, 6.07) is 9.74. The van der Waals surface area contributed by atoms with Crippen LogP contribution < -0.4 is 5.32 Å². The van der Waals surface area contributed by atoms with Crippen molar-refractivity contribution in [2.24, 2.45) is 4.99 Å². The second-order valence-electron chi connectivity index (χ2n) is 5.37. The van der Waals surface area contributed by atoms with Crippen LogP contribution >= 0.6 is 58.2 Å². The van der Waals surface area contributed by atoms with Gasteiger partial charge in [-0.05, 0) is 55.1 Å². The first-order valence-electron chi connectivity index (χ1n) is 8.06. The van der Waals surface area contributed by atoms with Crippen LogP contribution in [0.3, 0.4) is 0 Å². The molecule has 0 saturated carbocycles. The third-order valence-corrected chi connectivity index (χ3v) is 5.73. The summed E-state index contributed by atoms with van der Waals surface area (Å²) < 4.78 is 32.5. The van der Waals surface area contributed by atoms with Crippen molar-refractivity contribution in [2.75, 3.05) is 11.9 Å². The summed E-state index contributed by atoms with van der Waals surface area (Å²) in [5.41, 5.74) is 0.624. The van der Waals surface area contributed by atoms with Crippen LogP contribution in [0.5, 0.6) is 0 Å². The molecule has 0 heterocycles. The van der Waals surface area contributed by atoms with Crippen molar-refractivity contribution in [1.82, 2.24) is 0 Å². The van der Waals surface area contributed by atoms with Crippen molar-refractivity contribution < 1.29 is 18.3 Å². The Morgan fingerprint density at radius 1 is 1.17 bits per heavy atom. The minimum atomic E-state index is -3.35. The van der Waals surface area contributed by atoms with E-state index in [0.29, 0.717) is 11.3 Å². The van der Waals surface area contributed by atoms with Gasteiger partial charge in [0.25, 0.3) is 0 Å². The SMILES string of the molecule is CCO/C(=N\C(=O)Nc1ccc(SC(F)(F)C(Cl)Cl)cc1)c1c(Cl)cccc1Cl. The van der Waals surface area contributed by atoms with E-state index >= 15 is 0 Å². The largest absolute Gasteiger partial charge is 0.477 e. The minimum Gasteiger partial charge on any atom is -0.477 e. The van der Waals surface area contributed by atoms with Crippen LogP contribution in [0.1, 0.15) is 12.5 Å². The molecule has 29 heavy (non-hydrogen) atoms. The van der Waals surface area contributed by atoms with Crippen LogP contribution in [0.4, 0.5) is 19.3 Å². The number of hydrogen-bond acceptors (Lipinski definition) is 3. The fourth-order valence-electron chi connectivity index (χ4n) is 2.05. The van der Waals surface area contributed by atoms with Gasteiger partial charge < -0.3 is 10.1 Å². The maximum absolute atomic E-state index is 13.6. The fourth-order valence-corrected chi connectivity index (χ4v) is 3.55. The van der Waals surface area contributed by atoms with Crippen molar-refractivity contribution in [3.8, 4) is 0 Å². The Hall–Kier alpha value is -1.25. The van der Waals surface area contributed by atoms with Gasteiger partial charge in [-0.2, -0.15) is 13.8 Å². The molecule has 2 aromatic carbocycles. The first-order valence-corrected chi connectivity index (χ1v) is 10.5. The highest BCUT2D eigenvalue weighted by Gasteiger charge is 2.38. The lowest BCUT2D eigenvalue weighted by atomic mass is 10.2. The number of urea groups is 1. The van der Waals surface area contributed by atoms with Gasteiger partial charge in [0.15, 0.2) is 4.84 Å². The van der Waals surface area contributed by atoms with Gasteiger partial charge in [-0.25, -0.2) is 4.79 Å². The van der Waals surface area contributed by atoms with E-state index in [1.54, 1.807) is 25.1 Å².